The molecule has 0 aromatic heterocycles. The third-order valence-electron chi connectivity index (χ3n) is 2.45. The quantitative estimate of drug-likeness (QED) is 0.803. The Morgan fingerprint density at radius 3 is 2.47 bits per heavy atom. The van der Waals surface area contributed by atoms with Crippen molar-refractivity contribution in [2.24, 2.45) is 5.41 Å². The summed E-state index contributed by atoms with van der Waals surface area (Å²) in [5, 5.41) is 9.11. The summed E-state index contributed by atoms with van der Waals surface area (Å²) in [6.45, 7) is 7.41. The Balaban J connectivity index is 3.06. The van der Waals surface area contributed by atoms with E-state index >= 15 is 0 Å². The smallest absolute Gasteiger partial charge is 0.121 e. The third kappa shape index (κ3) is 3.67. The van der Waals surface area contributed by atoms with Gasteiger partial charge < -0.3 is 9.64 Å². The molecule has 1 aromatic carbocycles. The van der Waals surface area contributed by atoms with Crippen molar-refractivity contribution in [2.75, 3.05) is 25.6 Å². The topological polar surface area (TPSA) is 36.3 Å². The summed E-state index contributed by atoms with van der Waals surface area (Å²) in [5.41, 5.74) is 1.78. The van der Waals surface area contributed by atoms with Crippen LogP contribution < -0.4 is 9.64 Å². The first-order chi connectivity index (χ1) is 7.87. The zero-order valence-electron chi connectivity index (χ0n) is 11.2. The normalized spacial score (nSPS) is 10.8. The molecule has 0 fully saturated rings. The molecule has 3 heteroatoms. The minimum Gasteiger partial charge on any atom is -0.497 e. The number of benzene rings is 1. The Labute approximate surface area is 104 Å². The van der Waals surface area contributed by atoms with Gasteiger partial charge in [0, 0.05) is 19.7 Å². The zero-order valence-corrected chi connectivity index (χ0v) is 11.2. The number of hydrogen-bond acceptors (Lipinski definition) is 3. The second-order valence-corrected chi connectivity index (χ2v) is 5.41. The average Bonchev–Trinajstić information content (AvgIpc) is 2.25. The van der Waals surface area contributed by atoms with Crippen molar-refractivity contribution in [3.63, 3.8) is 0 Å². The van der Waals surface area contributed by atoms with Crippen LogP contribution in [0.1, 0.15) is 26.3 Å². The van der Waals surface area contributed by atoms with E-state index in [1.807, 2.05) is 19.2 Å². The van der Waals surface area contributed by atoms with Crippen LogP contribution in [0.5, 0.6) is 5.75 Å². The molecule has 0 N–H and O–H groups in total. The van der Waals surface area contributed by atoms with Gasteiger partial charge in [-0.1, -0.05) is 20.8 Å². The van der Waals surface area contributed by atoms with Gasteiger partial charge in [0.25, 0.3) is 0 Å². The van der Waals surface area contributed by atoms with E-state index in [2.05, 4.69) is 31.7 Å². The molecule has 0 aliphatic rings. The number of nitriles is 1. The summed E-state index contributed by atoms with van der Waals surface area (Å²) < 4.78 is 5.20. The summed E-state index contributed by atoms with van der Waals surface area (Å²) in [4.78, 5) is 2.10. The minimum atomic E-state index is 0.185. The van der Waals surface area contributed by atoms with E-state index in [9.17, 15) is 0 Å². The lowest BCUT2D eigenvalue weighted by atomic mass is 9.96. The zero-order chi connectivity index (χ0) is 13.1. The molecular formula is C14H20N2O. The summed E-state index contributed by atoms with van der Waals surface area (Å²) in [7, 11) is 3.63. The van der Waals surface area contributed by atoms with E-state index in [1.54, 1.807) is 13.2 Å². The maximum absolute atomic E-state index is 9.11. The summed E-state index contributed by atoms with van der Waals surface area (Å²) in [5.74, 6) is 0.778. The highest BCUT2D eigenvalue weighted by molar-refractivity contribution is 5.61. The molecule has 0 bridgehead atoms. The van der Waals surface area contributed by atoms with Crippen molar-refractivity contribution in [1.29, 1.82) is 5.26 Å². The van der Waals surface area contributed by atoms with Gasteiger partial charge in [-0.05, 0) is 17.5 Å². The molecule has 92 valence electrons. The molecule has 0 aliphatic heterocycles. The number of anilines is 1. The van der Waals surface area contributed by atoms with Crippen LogP contribution in [-0.4, -0.2) is 20.7 Å². The van der Waals surface area contributed by atoms with Gasteiger partial charge in [0.2, 0.25) is 0 Å². The Hall–Kier alpha value is -1.69. The summed E-state index contributed by atoms with van der Waals surface area (Å²) in [6.07, 6.45) is 0. The van der Waals surface area contributed by atoms with E-state index in [0.29, 0.717) is 5.56 Å². The Kier molecular flexibility index (Phi) is 4.01. The predicted molar refractivity (Wildman–Crippen MR) is 70.4 cm³/mol. The second kappa shape index (κ2) is 5.09. The maximum atomic E-state index is 9.11. The highest BCUT2D eigenvalue weighted by Gasteiger charge is 2.16. The monoisotopic (exact) mass is 232 g/mol. The standard InChI is InChI=1S/C14H20N2O/c1-14(2,3)10-16(4)13-8-12(17-5)7-6-11(13)9-15/h6-8H,10H2,1-5H3. The van der Waals surface area contributed by atoms with E-state index in [-0.39, 0.29) is 5.41 Å². The fraction of sp³-hybridized carbons (Fsp3) is 0.500. The van der Waals surface area contributed by atoms with Gasteiger partial charge in [0.1, 0.15) is 11.8 Å². The number of rotatable bonds is 3. The van der Waals surface area contributed by atoms with Crippen LogP contribution >= 0.6 is 0 Å². The SMILES string of the molecule is COc1ccc(C#N)c(N(C)CC(C)(C)C)c1. The van der Waals surface area contributed by atoms with Crippen LogP contribution in [0.15, 0.2) is 18.2 Å². The average molecular weight is 232 g/mol. The molecule has 0 radical (unpaired) electrons. The number of nitrogens with zero attached hydrogens (tertiary/aromatic N) is 2. The van der Waals surface area contributed by atoms with Crippen molar-refractivity contribution >= 4 is 5.69 Å². The summed E-state index contributed by atoms with van der Waals surface area (Å²) >= 11 is 0. The largest absolute Gasteiger partial charge is 0.497 e. The first kappa shape index (κ1) is 13.4. The second-order valence-electron chi connectivity index (χ2n) is 5.41. The van der Waals surface area contributed by atoms with Crippen LogP contribution in [0.2, 0.25) is 0 Å². The van der Waals surface area contributed by atoms with Gasteiger partial charge in [-0.3, -0.25) is 0 Å². The maximum Gasteiger partial charge on any atom is 0.121 e. The molecule has 0 heterocycles. The van der Waals surface area contributed by atoms with Crippen molar-refractivity contribution < 1.29 is 4.74 Å². The number of ether oxygens (including phenoxy) is 1. The van der Waals surface area contributed by atoms with Crippen molar-refractivity contribution in [3.05, 3.63) is 23.8 Å². The van der Waals surface area contributed by atoms with Crippen molar-refractivity contribution in [3.8, 4) is 11.8 Å². The Morgan fingerprint density at radius 2 is 2.00 bits per heavy atom. The lowest BCUT2D eigenvalue weighted by molar-refractivity contribution is 0.411. The predicted octanol–water partition coefficient (Wildman–Crippen LogP) is 3.05. The lowest BCUT2D eigenvalue weighted by Crippen LogP contribution is -2.29. The van der Waals surface area contributed by atoms with E-state index in [0.717, 1.165) is 18.0 Å². The molecule has 17 heavy (non-hydrogen) atoms. The molecule has 0 amide bonds. The van der Waals surface area contributed by atoms with Crippen molar-refractivity contribution in [1.82, 2.24) is 0 Å². The van der Waals surface area contributed by atoms with Crippen molar-refractivity contribution in [2.45, 2.75) is 20.8 Å². The van der Waals surface area contributed by atoms with Crippen LogP contribution in [0.25, 0.3) is 0 Å². The lowest BCUT2D eigenvalue weighted by Gasteiger charge is -2.29. The fourth-order valence-electron chi connectivity index (χ4n) is 1.85. The highest BCUT2D eigenvalue weighted by atomic mass is 16.5. The van der Waals surface area contributed by atoms with Crippen LogP contribution in [0.3, 0.4) is 0 Å². The Bertz CT molecular complexity index is 427. The molecule has 0 saturated carbocycles. The van der Waals surface area contributed by atoms with Crippen LogP contribution in [0, 0.1) is 16.7 Å². The summed E-state index contributed by atoms with van der Waals surface area (Å²) in [6, 6.07) is 7.73. The van der Waals surface area contributed by atoms with Gasteiger partial charge in [0.05, 0.1) is 18.4 Å². The van der Waals surface area contributed by atoms with Gasteiger partial charge in [-0.25, -0.2) is 0 Å². The van der Waals surface area contributed by atoms with E-state index < -0.39 is 0 Å². The van der Waals surface area contributed by atoms with Gasteiger partial charge >= 0.3 is 0 Å². The molecule has 0 spiro atoms. The third-order valence-corrected chi connectivity index (χ3v) is 2.45. The molecule has 0 saturated heterocycles. The first-order valence-electron chi connectivity index (χ1n) is 5.66. The molecule has 0 aliphatic carbocycles. The molecule has 0 unspecified atom stereocenters. The van der Waals surface area contributed by atoms with Crippen LogP contribution in [-0.2, 0) is 0 Å². The molecule has 0 atom stereocenters. The van der Waals surface area contributed by atoms with Gasteiger partial charge in [-0.15, -0.1) is 0 Å². The van der Waals surface area contributed by atoms with Gasteiger partial charge in [0.15, 0.2) is 0 Å². The van der Waals surface area contributed by atoms with Crippen LogP contribution in [0.4, 0.5) is 5.69 Å². The van der Waals surface area contributed by atoms with Gasteiger partial charge in [-0.2, -0.15) is 5.26 Å². The van der Waals surface area contributed by atoms with E-state index in [4.69, 9.17) is 10.00 Å². The first-order valence-corrected chi connectivity index (χ1v) is 5.66. The minimum absolute atomic E-state index is 0.185. The Morgan fingerprint density at radius 1 is 1.35 bits per heavy atom. The fourth-order valence-corrected chi connectivity index (χ4v) is 1.85. The van der Waals surface area contributed by atoms with E-state index in [1.165, 1.54) is 0 Å². The molecule has 1 aromatic rings. The molecular weight excluding hydrogens is 212 g/mol. The highest BCUT2D eigenvalue weighted by Crippen LogP contribution is 2.27. The molecule has 3 nitrogen and oxygen atoms in total. The number of hydrogen-bond donors (Lipinski definition) is 0. The molecule has 1 rings (SSSR count). The number of methoxy groups -OCH3 is 1.